The first-order valence-corrected chi connectivity index (χ1v) is 6.84. The Hall–Kier alpha value is -1.18. The van der Waals surface area contributed by atoms with Crippen LogP contribution in [0.2, 0.25) is 0 Å². The zero-order chi connectivity index (χ0) is 12.3. The Bertz CT molecular complexity index is 334. The predicted octanol–water partition coefficient (Wildman–Crippen LogP) is 3.74. The summed E-state index contributed by atoms with van der Waals surface area (Å²) in [5.74, 6) is 0.905. The van der Waals surface area contributed by atoms with E-state index in [-0.39, 0.29) is 0 Å². The van der Waals surface area contributed by atoms with Gasteiger partial charge in [-0.05, 0) is 56.9 Å². The molecule has 1 N–H and O–H groups in total. The van der Waals surface area contributed by atoms with E-state index < -0.39 is 0 Å². The molecule has 0 spiro atoms. The molecule has 17 heavy (non-hydrogen) atoms. The molecule has 1 aliphatic carbocycles. The summed E-state index contributed by atoms with van der Waals surface area (Å²) in [5.41, 5.74) is 2.58. The van der Waals surface area contributed by atoms with Crippen molar-refractivity contribution < 1.29 is 0 Å². The van der Waals surface area contributed by atoms with Crippen LogP contribution in [0.15, 0.2) is 24.3 Å². The van der Waals surface area contributed by atoms with Crippen molar-refractivity contribution in [1.29, 1.82) is 0 Å². The highest BCUT2D eigenvalue weighted by atomic mass is 15.1. The SMILES string of the molecule is CCN(CC)c1ccc(NC2CC(C)C2)cc1. The topological polar surface area (TPSA) is 15.3 Å². The molecular formula is C15H24N2. The standard InChI is InChI=1S/C15H24N2/c1-4-17(5-2)15-8-6-13(7-9-15)16-14-10-12(3)11-14/h6-9,12,14,16H,4-5,10-11H2,1-3H3. The smallest absolute Gasteiger partial charge is 0.0367 e. The number of rotatable bonds is 5. The van der Waals surface area contributed by atoms with E-state index in [0.29, 0.717) is 6.04 Å². The Morgan fingerprint density at radius 1 is 1.12 bits per heavy atom. The summed E-state index contributed by atoms with van der Waals surface area (Å²) in [5, 5.41) is 3.59. The minimum absolute atomic E-state index is 0.698. The highest BCUT2D eigenvalue weighted by molar-refractivity contribution is 5.55. The molecule has 0 amide bonds. The molecule has 0 heterocycles. The van der Waals surface area contributed by atoms with Crippen LogP contribution in [0.1, 0.15) is 33.6 Å². The first-order chi connectivity index (χ1) is 8.22. The Morgan fingerprint density at radius 2 is 1.71 bits per heavy atom. The molecule has 1 saturated carbocycles. The molecule has 0 radical (unpaired) electrons. The quantitative estimate of drug-likeness (QED) is 0.832. The van der Waals surface area contributed by atoms with Crippen LogP contribution in [0.5, 0.6) is 0 Å². The van der Waals surface area contributed by atoms with Crippen molar-refractivity contribution in [2.75, 3.05) is 23.3 Å². The van der Waals surface area contributed by atoms with Crippen LogP contribution in [0.3, 0.4) is 0 Å². The lowest BCUT2D eigenvalue weighted by molar-refractivity contribution is 0.309. The van der Waals surface area contributed by atoms with Crippen LogP contribution in [-0.2, 0) is 0 Å². The van der Waals surface area contributed by atoms with Gasteiger partial charge in [0, 0.05) is 30.5 Å². The maximum Gasteiger partial charge on any atom is 0.0367 e. The van der Waals surface area contributed by atoms with E-state index in [2.05, 4.69) is 55.3 Å². The average molecular weight is 232 g/mol. The second-order valence-electron chi connectivity index (χ2n) is 5.14. The van der Waals surface area contributed by atoms with Gasteiger partial charge in [-0.3, -0.25) is 0 Å². The van der Waals surface area contributed by atoms with Crippen molar-refractivity contribution in [1.82, 2.24) is 0 Å². The third kappa shape index (κ3) is 2.93. The Morgan fingerprint density at radius 3 is 2.18 bits per heavy atom. The van der Waals surface area contributed by atoms with E-state index in [4.69, 9.17) is 0 Å². The Balaban J connectivity index is 1.93. The second-order valence-corrected chi connectivity index (χ2v) is 5.14. The Labute approximate surface area is 105 Å². The minimum atomic E-state index is 0.698. The second kappa shape index (κ2) is 5.44. The summed E-state index contributed by atoms with van der Waals surface area (Å²) in [4.78, 5) is 2.37. The molecule has 1 aromatic rings. The number of hydrogen-bond donors (Lipinski definition) is 1. The van der Waals surface area contributed by atoms with E-state index in [1.165, 1.54) is 24.2 Å². The third-order valence-corrected chi connectivity index (χ3v) is 3.74. The number of benzene rings is 1. The molecule has 1 fully saturated rings. The first-order valence-electron chi connectivity index (χ1n) is 6.84. The molecule has 0 saturated heterocycles. The summed E-state index contributed by atoms with van der Waals surface area (Å²) in [6.07, 6.45) is 2.63. The van der Waals surface area contributed by atoms with E-state index >= 15 is 0 Å². The maximum atomic E-state index is 3.59. The summed E-state index contributed by atoms with van der Waals surface area (Å²) in [6.45, 7) is 8.87. The average Bonchev–Trinajstić information content (AvgIpc) is 2.31. The van der Waals surface area contributed by atoms with Crippen LogP contribution in [-0.4, -0.2) is 19.1 Å². The molecule has 0 aliphatic heterocycles. The summed E-state index contributed by atoms with van der Waals surface area (Å²) < 4.78 is 0. The van der Waals surface area contributed by atoms with E-state index in [0.717, 1.165) is 19.0 Å². The van der Waals surface area contributed by atoms with Gasteiger partial charge in [0.2, 0.25) is 0 Å². The van der Waals surface area contributed by atoms with Crippen LogP contribution in [0.4, 0.5) is 11.4 Å². The summed E-state index contributed by atoms with van der Waals surface area (Å²) in [7, 11) is 0. The van der Waals surface area contributed by atoms with Gasteiger partial charge >= 0.3 is 0 Å². The fourth-order valence-corrected chi connectivity index (χ4v) is 2.61. The van der Waals surface area contributed by atoms with Crippen molar-refractivity contribution >= 4 is 11.4 Å². The van der Waals surface area contributed by atoms with E-state index in [1.807, 2.05) is 0 Å². The van der Waals surface area contributed by atoms with Crippen molar-refractivity contribution in [2.45, 2.75) is 39.7 Å². The van der Waals surface area contributed by atoms with Gasteiger partial charge in [0.1, 0.15) is 0 Å². The van der Waals surface area contributed by atoms with Gasteiger partial charge in [-0.25, -0.2) is 0 Å². The molecule has 2 rings (SSSR count). The monoisotopic (exact) mass is 232 g/mol. The van der Waals surface area contributed by atoms with Crippen molar-refractivity contribution in [3.05, 3.63) is 24.3 Å². The van der Waals surface area contributed by atoms with Crippen molar-refractivity contribution in [2.24, 2.45) is 5.92 Å². The molecule has 1 aromatic carbocycles. The molecular weight excluding hydrogens is 208 g/mol. The molecule has 0 aromatic heterocycles. The largest absolute Gasteiger partial charge is 0.382 e. The van der Waals surface area contributed by atoms with Gasteiger partial charge in [0.05, 0.1) is 0 Å². The molecule has 94 valence electrons. The highest BCUT2D eigenvalue weighted by Gasteiger charge is 2.24. The zero-order valence-corrected chi connectivity index (χ0v) is 11.2. The molecule has 2 nitrogen and oxygen atoms in total. The number of hydrogen-bond acceptors (Lipinski definition) is 2. The summed E-state index contributed by atoms with van der Waals surface area (Å²) >= 11 is 0. The van der Waals surface area contributed by atoms with Crippen LogP contribution in [0.25, 0.3) is 0 Å². The molecule has 2 heteroatoms. The number of nitrogens with one attached hydrogen (secondary N) is 1. The summed E-state index contributed by atoms with van der Waals surface area (Å²) in [6, 6.07) is 9.55. The van der Waals surface area contributed by atoms with Gasteiger partial charge in [-0.1, -0.05) is 6.92 Å². The van der Waals surface area contributed by atoms with Gasteiger partial charge in [-0.2, -0.15) is 0 Å². The number of nitrogens with zero attached hydrogens (tertiary/aromatic N) is 1. The Kier molecular flexibility index (Phi) is 3.93. The maximum absolute atomic E-state index is 3.59. The molecule has 0 atom stereocenters. The van der Waals surface area contributed by atoms with Crippen LogP contribution < -0.4 is 10.2 Å². The highest BCUT2D eigenvalue weighted by Crippen LogP contribution is 2.29. The van der Waals surface area contributed by atoms with E-state index in [9.17, 15) is 0 Å². The van der Waals surface area contributed by atoms with Gasteiger partial charge in [0.25, 0.3) is 0 Å². The third-order valence-electron chi connectivity index (χ3n) is 3.74. The van der Waals surface area contributed by atoms with Gasteiger partial charge < -0.3 is 10.2 Å². The van der Waals surface area contributed by atoms with Gasteiger partial charge in [0.15, 0.2) is 0 Å². The van der Waals surface area contributed by atoms with Crippen molar-refractivity contribution in [3.8, 4) is 0 Å². The predicted molar refractivity (Wildman–Crippen MR) is 75.8 cm³/mol. The lowest BCUT2D eigenvalue weighted by Gasteiger charge is -2.34. The first kappa shape index (κ1) is 12.3. The van der Waals surface area contributed by atoms with Crippen LogP contribution >= 0.6 is 0 Å². The molecule has 1 aliphatic rings. The molecule has 0 unspecified atom stereocenters. The number of anilines is 2. The fraction of sp³-hybridized carbons (Fsp3) is 0.600. The van der Waals surface area contributed by atoms with Gasteiger partial charge in [-0.15, -0.1) is 0 Å². The fourth-order valence-electron chi connectivity index (χ4n) is 2.61. The lowest BCUT2D eigenvalue weighted by atomic mass is 9.82. The van der Waals surface area contributed by atoms with Crippen molar-refractivity contribution in [3.63, 3.8) is 0 Å². The minimum Gasteiger partial charge on any atom is -0.382 e. The van der Waals surface area contributed by atoms with E-state index in [1.54, 1.807) is 0 Å². The zero-order valence-electron chi connectivity index (χ0n) is 11.2. The normalized spacial score (nSPS) is 23.0. The van der Waals surface area contributed by atoms with Crippen LogP contribution in [0, 0.1) is 5.92 Å². The lowest BCUT2D eigenvalue weighted by Crippen LogP contribution is -2.33. The molecule has 0 bridgehead atoms.